The molecule has 0 N–H and O–H groups in total. The van der Waals surface area contributed by atoms with Crippen LogP contribution in [-0.4, -0.2) is 5.24 Å². The van der Waals surface area contributed by atoms with Crippen molar-refractivity contribution in [1.82, 2.24) is 0 Å². The Bertz CT molecular complexity index is 560. The van der Waals surface area contributed by atoms with E-state index in [1.54, 1.807) is 11.3 Å². The lowest BCUT2D eigenvalue weighted by Crippen LogP contribution is -2.12. The lowest BCUT2D eigenvalue weighted by atomic mass is 9.89. The van der Waals surface area contributed by atoms with Crippen LogP contribution in [0.1, 0.15) is 25.3 Å². The molecule has 1 atom stereocenters. The Morgan fingerprint density at radius 1 is 1.35 bits per heavy atom. The minimum atomic E-state index is -0.306. The molecule has 1 aromatic carbocycles. The van der Waals surface area contributed by atoms with E-state index >= 15 is 0 Å². The number of rotatable bonds is 3. The van der Waals surface area contributed by atoms with Gasteiger partial charge in [-0.25, -0.2) is 0 Å². The Morgan fingerprint density at radius 2 is 2.06 bits per heavy atom. The maximum absolute atomic E-state index is 11.5. The number of hydrogen-bond donors (Lipinski definition) is 0. The fourth-order valence-electron chi connectivity index (χ4n) is 2.01. The third kappa shape index (κ3) is 2.49. The van der Waals surface area contributed by atoms with Crippen molar-refractivity contribution < 1.29 is 4.79 Å². The van der Waals surface area contributed by atoms with E-state index in [9.17, 15) is 4.79 Å². The first-order valence-electron chi connectivity index (χ1n) is 5.36. The summed E-state index contributed by atoms with van der Waals surface area (Å²) in [7, 11) is 0. The SMILES string of the molecule is CC(C)C(C(=O)Cl)c1csc2ccc(Cl)cc12. The molecule has 0 aliphatic carbocycles. The zero-order valence-corrected chi connectivity index (χ0v) is 11.9. The fourth-order valence-corrected chi connectivity index (χ4v) is 3.52. The number of hydrogen-bond acceptors (Lipinski definition) is 2. The molecule has 0 aliphatic heterocycles. The monoisotopic (exact) mass is 286 g/mol. The van der Waals surface area contributed by atoms with Gasteiger partial charge in [-0.3, -0.25) is 4.79 Å². The molecule has 0 fully saturated rings. The van der Waals surface area contributed by atoms with Crippen molar-refractivity contribution in [2.75, 3.05) is 0 Å². The van der Waals surface area contributed by atoms with Gasteiger partial charge in [-0.2, -0.15) is 0 Å². The minimum absolute atomic E-state index is 0.178. The predicted molar refractivity (Wildman–Crippen MR) is 75.3 cm³/mol. The lowest BCUT2D eigenvalue weighted by molar-refractivity contribution is -0.113. The second-order valence-corrected chi connectivity index (χ2v) is 6.08. The van der Waals surface area contributed by atoms with Gasteiger partial charge in [0.05, 0.1) is 5.92 Å². The van der Waals surface area contributed by atoms with E-state index in [4.69, 9.17) is 23.2 Å². The summed E-state index contributed by atoms with van der Waals surface area (Å²) in [6, 6.07) is 5.73. The highest BCUT2D eigenvalue weighted by Gasteiger charge is 2.25. The average molecular weight is 287 g/mol. The van der Waals surface area contributed by atoms with Gasteiger partial charge in [0.15, 0.2) is 0 Å². The third-order valence-corrected chi connectivity index (χ3v) is 4.26. The Kier molecular flexibility index (Phi) is 3.76. The maximum Gasteiger partial charge on any atom is 0.229 e. The number of thiophene rings is 1. The molecule has 1 nitrogen and oxygen atoms in total. The van der Waals surface area contributed by atoms with E-state index in [1.807, 2.05) is 37.4 Å². The van der Waals surface area contributed by atoms with Crippen LogP contribution in [0.3, 0.4) is 0 Å². The summed E-state index contributed by atoms with van der Waals surface area (Å²) in [5.74, 6) is -0.0827. The van der Waals surface area contributed by atoms with E-state index in [0.717, 1.165) is 15.6 Å². The van der Waals surface area contributed by atoms with Crippen LogP contribution in [0.25, 0.3) is 10.1 Å². The number of halogens is 2. The van der Waals surface area contributed by atoms with Gasteiger partial charge >= 0.3 is 0 Å². The van der Waals surface area contributed by atoms with Crippen LogP contribution >= 0.6 is 34.5 Å². The topological polar surface area (TPSA) is 17.1 Å². The molecule has 0 spiro atoms. The van der Waals surface area contributed by atoms with Crippen LogP contribution in [-0.2, 0) is 4.79 Å². The van der Waals surface area contributed by atoms with E-state index in [2.05, 4.69) is 0 Å². The van der Waals surface area contributed by atoms with Gasteiger partial charge in [-0.1, -0.05) is 25.4 Å². The van der Waals surface area contributed by atoms with E-state index < -0.39 is 0 Å². The molecular formula is C13H12Cl2OS. The summed E-state index contributed by atoms with van der Waals surface area (Å²) in [6.45, 7) is 4.00. The van der Waals surface area contributed by atoms with Crippen molar-refractivity contribution in [2.45, 2.75) is 19.8 Å². The molecule has 2 rings (SSSR count). The second kappa shape index (κ2) is 4.97. The Balaban J connectivity index is 2.61. The molecule has 1 heterocycles. The molecular weight excluding hydrogens is 275 g/mol. The van der Waals surface area contributed by atoms with Crippen LogP contribution in [0.2, 0.25) is 5.02 Å². The molecule has 90 valence electrons. The molecule has 1 aromatic heterocycles. The third-order valence-electron chi connectivity index (χ3n) is 2.81. The van der Waals surface area contributed by atoms with E-state index in [-0.39, 0.29) is 17.1 Å². The standard InChI is InChI=1S/C13H12Cl2OS/c1-7(2)12(13(15)16)10-6-17-11-4-3-8(14)5-9(10)11/h3-7,12H,1-2H3. The van der Waals surface area contributed by atoms with Crippen molar-refractivity contribution in [3.05, 3.63) is 34.2 Å². The first kappa shape index (κ1) is 12.9. The van der Waals surface area contributed by atoms with Crippen molar-refractivity contribution in [3.63, 3.8) is 0 Å². The van der Waals surface area contributed by atoms with Crippen molar-refractivity contribution >= 4 is 49.9 Å². The van der Waals surface area contributed by atoms with Gasteiger partial charge < -0.3 is 0 Å². The molecule has 0 radical (unpaired) electrons. The van der Waals surface area contributed by atoms with Gasteiger partial charge in [0, 0.05) is 9.72 Å². The Hall–Kier alpha value is -0.570. The zero-order chi connectivity index (χ0) is 12.6. The molecule has 1 unspecified atom stereocenters. The van der Waals surface area contributed by atoms with Crippen LogP contribution in [0, 0.1) is 5.92 Å². The zero-order valence-electron chi connectivity index (χ0n) is 9.54. The Labute approximate surface area is 114 Å². The summed E-state index contributed by atoms with van der Waals surface area (Å²) in [5, 5.41) is 3.42. The van der Waals surface area contributed by atoms with Gasteiger partial charge in [0.1, 0.15) is 0 Å². The average Bonchev–Trinajstić information content (AvgIpc) is 2.60. The normalized spacial score (nSPS) is 13.2. The van der Waals surface area contributed by atoms with Gasteiger partial charge in [-0.05, 0) is 52.0 Å². The van der Waals surface area contributed by atoms with Crippen molar-refractivity contribution in [2.24, 2.45) is 5.92 Å². The number of carbonyl (C=O) groups is 1. The molecule has 0 saturated carbocycles. The smallest absolute Gasteiger partial charge is 0.229 e. The molecule has 17 heavy (non-hydrogen) atoms. The summed E-state index contributed by atoms with van der Waals surface area (Å²) >= 11 is 13.3. The molecule has 4 heteroatoms. The molecule has 2 aromatic rings. The Morgan fingerprint density at radius 3 is 2.65 bits per heavy atom. The van der Waals surface area contributed by atoms with Crippen LogP contribution in [0.15, 0.2) is 23.6 Å². The summed E-state index contributed by atoms with van der Waals surface area (Å²) in [4.78, 5) is 11.5. The summed E-state index contributed by atoms with van der Waals surface area (Å²) < 4.78 is 1.13. The van der Waals surface area contributed by atoms with Gasteiger partial charge in [-0.15, -0.1) is 11.3 Å². The highest BCUT2D eigenvalue weighted by molar-refractivity contribution is 7.17. The molecule has 0 aliphatic rings. The minimum Gasteiger partial charge on any atom is -0.281 e. The molecule has 0 saturated heterocycles. The van der Waals surface area contributed by atoms with Gasteiger partial charge in [0.2, 0.25) is 5.24 Å². The highest BCUT2D eigenvalue weighted by Crippen LogP contribution is 2.37. The fraction of sp³-hybridized carbons (Fsp3) is 0.308. The number of benzene rings is 1. The first-order chi connectivity index (χ1) is 8.00. The van der Waals surface area contributed by atoms with Crippen molar-refractivity contribution in [1.29, 1.82) is 0 Å². The molecule has 0 amide bonds. The predicted octanol–water partition coefficient (Wildman–Crippen LogP) is 5.06. The van der Waals surface area contributed by atoms with Gasteiger partial charge in [0.25, 0.3) is 0 Å². The maximum atomic E-state index is 11.5. The second-order valence-electron chi connectivity index (χ2n) is 4.36. The first-order valence-corrected chi connectivity index (χ1v) is 7.00. The highest BCUT2D eigenvalue weighted by atomic mass is 35.5. The van der Waals surface area contributed by atoms with E-state index in [0.29, 0.717) is 5.02 Å². The van der Waals surface area contributed by atoms with E-state index in [1.165, 1.54) is 0 Å². The lowest BCUT2D eigenvalue weighted by Gasteiger charge is -2.15. The molecule has 0 bridgehead atoms. The summed E-state index contributed by atoms with van der Waals surface area (Å²) in [6.07, 6.45) is 0. The van der Waals surface area contributed by atoms with Crippen LogP contribution in [0.4, 0.5) is 0 Å². The van der Waals surface area contributed by atoms with Crippen LogP contribution in [0.5, 0.6) is 0 Å². The largest absolute Gasteiger partial charge is 0.281 e. The number of fused-ring (bicyclic) bond motifs is 1. The van der Waals surface area contributed by atoms with Crippen LogP contribution < -0.4 is 0 Å². The quantitative estimate of drug-likeness (QED) is 0.721. The van der Waals surface area contributed by atoms with Crippen molar-refractivity contribution in [3.8, 4) is 0 Å². The number of carbonyl (C=O) groups excluding carboxylic acids is 1. The summed E-state index contributed by atoms with van der Waals surface area (Å²) in [5.41, 5.74) is 0.988.